The van der Waals surface area contributed by atoms with E-state index in [-0.39, 0.29) is 36.4 Å². The van der Waals surface area contributed by atoms with Crippen molar-refractivity contribution >= 4 is 21.9 Å². The molecule has 1 fully saturated rings. The molecule has 1 amide bonds. The summed E-state index contributed by atoms with van der Waals surface area (Å²) in [7, 11) is -3.00. The summed E-state index contributed by atoms with van der Waals surface area (Å²) in [6.45, 7) is 4.83. The van der Waals surface area contributed by atoms with Gasteiger partial charge in [0, 0.05) is 27.1 Å². The lowest BCUT2D eigenvalue weighted by atomic mass is 10.0. The molecule has 1 heterocycles. The van der Waals surface area contributed by atoms with E-state index >= 15 is 0 Å². The Labute approximate surface area is 153 Å². The topological polar surface area (TPSA) is 104 Å². The Balaban J connectivity index is 2.48. The Morgan fingerprint density at radius 2 is 1.77 bits per heavy atom. The van der Waals surface area contributed by atoms with Crippen molar-refractivity contribution in [2.75, 3.05) is 26.7 Å². The summed E-state index contributed by atoms with van der Waals surface area (Å²) in [5.74, 6) is -1.57. The minimum atomic E-state index is -4.13. The number of nitrogens with zero attached hydrogens (tertiary/aromatic N) is 2. The van der Waals surface area contributed by atoms with E-state index in [4.69, 9.17) is 4.74 Å². The molecule has 1 aliphatic rings. The number of piperazine rings is 1. The van der Waals surface area contributed by atoms with Gasteiger partial charge < -0.3 is 14.7 Å². The monoisotopic (exact) mass is 384 g/mol. The molecule has 26 heavy (non-hydrogen) atoms. The van der Waals surface area contributed by atoms with Gasteiger partial charge in [0.2, 0.25) is 15.9 Å². The molecule has 1 unspecified atom stereocenters. The molecule has 0 spiro atoms. The Morgan fingerprint density at radius 3 is 2.19 bits per heavy atom. The van der Waals surface area contributed by atoms with Gasteiger partial charge in [0.25, 0.3) is 5.72 Å². The van der Waals surface area contributed by atoms with Crippen molar-refractivity contribution in [2.24, 2.45) is 0 Å². The molecule has 8 nitrogen and oxygen atoms in total. The Morgan fingerprint density at radius 1 is 1.19 bits per heavy atom. The molecule has 1 aliphatic heterocycles. The van der Waals surface area contributed by atoms with Crippen LogP contribution in [0.1, 0.15) is 32.3 Å². The third-order valence-corrected chi connectivity index (χ3v) is 6.56. The molecule has 1 atom stereocenters. The number of carboxylic acid groups (broad SMARTS) is 1. The fourth-order valence-electron chi connectivity index (χ4n) is 2.97. The minimum Gasteiger partial charge on any atom is -0.478 e. The van der Waals surface area contributed by atoms with Crippen LogP contribution in [0.3, 0.4) is 0 Å². The van der Waals surface area contributed by atoms with Crippen molar-refractivity contribution in [3.63, 3.8) is 0 Å². The Hall–Kier alpha value is -1.97. The molecule has 0 aromatic heterocycles. The average Bonchev–Trinajstić information content (AvgIpc) is 2.60. The van der Waals surface area contributed by atoms with Gasteiger partial charge in [-0.1, -0.05) is 26.0 Å². The molecule has 1 N–H and O–H groups in total. The third-order valence-electron chi connectivity index (χ3n) is 4.63. The molecular weight excluding hydrogens is 360 g/mol. The first kappa shape index (κ1) is 20.3. The number of carbonyl (C=O) groups is 2. The fourth-order valence-corrected chi connectivity index (χ4v) is 4.63. The van der Waals surface area contributed by atoms with Gasteiger partial charge in [0.05, 0.1) is 11.4 Å². The van der Waals surface area contributed by atoms with Crippen LogP contribution in [0.2, 0.25) is 0 Å². The van der Waals surface area contributed by atoms with Gasteiger partial charge in [-0.15, -0.1) is 0 Å². The summed E-state index contributed by atoms with van der Waals surface area (Å²) < 4.78 is 32.2. The smallest absolute Gasteiger partial charge is 0.354 e. The highest BCUT2D eigenvalue weighted by atomic mass is 32.2. The molecule has 144 valence electrons. The van der Waals surface area contributed by atoms with Crippen molar-refractivity contribution in [1.29, 1.82) is 0 Å². The second-order valence-electron chi connectivity index (χ2n) is 6.54. The predicted molar refractivity (Wildman–Crippen MR) is 94.1 cm³/mol. The van der Waals surface area contributed by atoms with Crippen LogP contribution in [-0.2, 0) is 24.3 Å². The first-order chi connectivity index (χ1) is 12.1. The number of hydrogen-bond acceptors (Lipinski definition) is 5. The van der Waals surface area contributed by atoms with Crippen LogP contribution < -0.4 is 0 Å². The zero-order valence-corrected chi connectivity index (χ0v) is 16.1. The summed E-state index contributed by atoms with van der Waals surface area (Å²) in [5.41, 5.74) is -1.19. The number of amides is 1. The molecule has 9 heteroatoms. The van der Waals surface area contributed by atoms with E-state index in [0.29, 0.717) is 0 Å². The average molecular weight is 384 g/mol. The summed E-state index contributed by atoms with van der Waals surface area (Å²) in [6.07, 6.45) is 0. The van der Waals surface area contributed by atoms with Crippen molar-refractivity contribution in [1.82, 2.24) is 9.21 Å². The zero-order chi connectivity index (χ0) is 19.7. The largest absolute Gasteiger partial charge is 0.478 e. The number of carbonyl (C=O) groups excluding carboxylic acids is 1. The number of hydrogen-bond donors (Lipinski definition) is 1. The van der Waals surface area contributed by atoms with E-state index in [1.54, 1.807) is 12.1 Å². The van der Waals surface area contributed by atoms with E-state index in [1.165, 1.54) is 24.0 Å². The van der Waals surface area contributed by atoms with E-state index in [0.717, 1.165) is 17.0 Å². The molecule has 1 aromatic carbocycles. The lowest BCUT2D eigenvalue weighted by Gasteiger charge is -2.45. The highest BCUT2D eigenvalue weighted by Crippen LogP contribution is 2.31. The molecule has 2 rings (SSSR count). The summed E-state index contributed by atoms with van der Waals surface area (Å²) in [6, 6.07) is 6.34. The Bertz CT molecular complexity index is 790. The quantitative estimate of drug-likeness (QED) is 0.815. The van der Waals surface area contributed by atoms with Crippen LogP contribution in [-0.4, -0.2) is 67.1 Å². The third kappa shape index (κ3) is 3.46. The second-order valence-corrected chi connectivity index (χ2v) is 8.40. The van der Waals surface area contributed by atoms with Crippen LogP contribution in [0.25, 0.3) is 0 Å². The summed E-state index contributed by atoms with van der Waals surface area (Å²) in [4.78, 5) is 24.9. The molecule has 0 aliphatic carbocycles. The zero-order valence-electron chi connectivity index (χ0n) is 15.3. The van der Waals surface area contributed by atoms with Crippen molar-refractivity contribution < 1.29 is 27.9 Å². The van der Waals surface area contributed by atoms with Gasteiger partial charge in [0.15, 0.2) is 0 Å². The van der Waals surface area contributed by atoms with Crippen LogP contribution >= 0.6 is 0 Å². The first-order valence-electron chi connectivity index (χ1n) is 8.23. The van der Waals surface area contributed by atoms with Gasteiger partial charge in [-0.2, -0.15) is 4.31 Å². The van der Waals surface area contributed by atoms with Gasteiger partial charge in [-0.05, 0) is 23.6 Å². The SMILES string of the molecule is COC1(C(=O)O)CN(C(C)=O)CCN1S(=O)(=O)c1ccc(C(C)C)cc1. The van der Waals surface area contributed by atoms with Gasteiger partial charge >= 0.3 is 5.97 Å². The number of aliphatic carboxylic acids is 1. The molecule has 1 saturated heterocycles. The maximum absolute atomic E-state index is 13.1. The lowest BCUT2D eigenvalue weighted by Crippen LogP contribution is -2.69. The fraction of sp³-hybridized carbons (Fsp3) is 0.529. The van der Waals surface area contributed by atoms with Crippen molar-refractivity contribution in [2.45, 2.75) is 37.3 Å². The molecule has 0 saturated carbocycles. The Kier molecular flexibility index (Phi) is 5.74. The van der Waals surface area contributed by atoms with Crippen LogP contribution in [0.15, 0.2) is 29.2 Å². The van der Waals surface area contributed by atoms with Gasteiger partial charge in [0.1, 0.15) is 0 Å². The molecule has 0 bridgehead atoms. The second kappa shape index (κ2) is 7.34. The van der Waals surface area contributed by atoms with Crippen molar-refractivity contribution in [3.8, 4) is 0 Å². The lowest BCUT2D eigenvalue weighted by molar-refractivity contribution is -0.191. The number of carboxylic acids is 1. The number of ether oxygens (including phenoxy) is 1. The van der Waals surface area contributed by atoms with Crippen LogP contribution in [0.4, 0.5) is 0 Å². The minimum absolute atomic E-state index is 0.0131. The molecule has 1 aromatic rings. The van der Waals surface area contributed by atoms with Gasteiger partial charge in [-0.25, -0.2) is 13.2 Å². The van der Waals surface area contributed by atoms with E-state index in [2.05, 4.69) is 0 Å². The van der Waals surface area contributed by atoms with Gasteiger partial charge in [-0.3, -0.25) is 4.79 Å². The number of methoxy groups -OCH3 is 1. The number of sulfonamides is 1. The first-order valence-corrected chi connectivity index (χ1v) is 9.67. The standard InChI is InChI=1S/C17H24N2O6S/c1-12(2)14-5-7-15(8-6-14)26(23,24)19-10-9-18(13(3)20)11-17(19,25-4)16(21)22/h5-8,12H,9-11H2,1-4H3,(H,21,22). The maximum Gasteiger partial charge on any atom is 0.354 e. The summed E-state index contributed by atoms with van der Waals surface area (Å²) >= 11 is 0. The van der Waals surface area contributed by atoms with Crippen LogP contribution in [0.5, 0.6) is 0 Å². The molecule has 0 radical (unpaired) electrons. The number of benzene rings is 1. The predicted octanol–water partition coefficient (Wildman–Crippen LogP) is 1.09. The van der Waals surface area contributed by atoms with Crippen molar-refractivity contribution in [3.05, 3.63) is 29.8 Å². The van der Waals surface area contributed by atoms with E-state index in [9.17, 15) is 23.1 Å². The van der Waals surface area contributed by atoms with E-state index < -0.39 is 21.7 Å². The molecular formula is C17H24N2O6S. The summed E-state index contributed by atoms with van der Waals surface area (Å²) in [5, 5.41) is 9.72. The highest BCUT2D eigenvalue weighted by Gasteiger charge is 2.55. The van der Waals surface area contributed by atoms with Crippen LogP contribution in [0, 0.1) is 0 Å². The normalized spacial score (nSPS) is 21.8. The van der Waals surface area contributed by atoms with E-state index in [1.807, 2.05) is 13.8 Å². The highest BCUT2D eigenvalue weighted by molar-refractivity contribution is 7.89. The maximum atomic E-state index is 13.1. The number of rotatable bonds is 5.